The smallest absolute Gasteiger partial charge is 0.255 e. The van der Waals surface area contributed by atoms with Crippen LogP contribution in [0.3, 0.4) is 0 Å². The van der Waals surface area contributed by atoms with Gasteiger partial charge in [-0.25, -0.2) is 0 Å². The van der Waals surface area contributed by atoms with Crippen molar-refractivity contribution in [2.24, 2.45) is 0 Å². The molecule has 172 valence electrons. The van der Waals surface area contributed by atoms with Crippen molar-refractivity contribution in [1.29, 1.82) is 0 Å². The zero-order valence-corrected chi connectivity index (χ0v) is 17.8. The van der Waals surface area contributed by atoms with Crippen LogP contribution >= 0.6 is 0 Å². The second kappa shape index (κ2) is 9.33. The first-order chi connectivity index (χ1) is 18.4. The number of hydrogen-bond acceptors (Lipinski definition) is 6. The van der Waals surface area contributed by atoms with Gasteiger partial charge in [-0.3, -0.25) is 24.6 Å². The number of benzene rings is 2. The molecule has 0 radical (unpaired) electrons. The van der Waals surface area contributed by atoms with Crippen molar-refractivity contribution in [2.45, 2.75) is 38.4 Å². The maximum absolute atomic E-state index is 13.3. The minimum absolute atomic E-state index is 0.0293. The number of carbonyl (C=O) groups is 3. The van der Waals surface area contributed by atoms with E-state index in [0.29, 0.717) is 18.1 Å². The topological polar surface area (TPSA) is 88.2 Å². The summed E-state index contributed by atoms with van der Waals surface area (Å²) in [6.45, 7) is 1.26. The number of ether oxygens (including phenoxy) is 2. The summed E-state index contributed by atoms with van der Waals surface area (Å²) in [4.78, 5) is 40.7. The lowest BCUT2D eigenvalue weighted by Crippen LogP contribution is -2.52. The number of carbonyl (C=O) groups excluding carboxylic acids is 3. The molecule has 0 aromatic heterocycles. The third-order valence-electron chi connectivity index (χ3n) is 5.70. The van der Waals surface area contributed by atoms with Gasteiger partial charge in [-0.1, -0.05) is 30.3 Å². The van der Waals surface area contributed by atoms with E-state index in [1.807, 2.05) is 24.3 Å². The Hall–Kier alpha value is -3.23. The van der Waals surface area contributed by atoms with Crippen molar-refractivity contribution in [3.63, 3.8) is 0 Å². The van der Waals surface area contributed by atoms with Crippen molar-refractivity contribution in [3.8, 4) is 5.75 Å². The number of hydrogen-bond donors (Lipinski definition) is 1. The second-order valence-electron chi connectivity index (χ2n) is 7.95. The molecule has 8 nitrogen and oxygen atoms in total. The Labute approximate surface area is 200 Å². The molecule has 0 spiro atoms. The highest BCUT2D eigenvalue weighted by atomic mass is 16.5. The number of amides is 3. The van der Waals surface area contributed by atoms with Gasteiger partial charge in [0.05, 0.1) is 22.5 Å². The number of nitrogens with one attached hydrogen (secondary N) is 1. The van der Waals surface area contributed by atoms with Gasteiger partial charge < -0.3 is 14.4 Å². The van der Waals surface area contributed by atoms with E-state index in [0.717, 1.165) is 30.8 Å². The molecular formula is C25H27N3O5. The summed E-state index contributed by atoms with van der Waals surface area (Å²) < 4.78 is 61.0. The van der Waals surface area contributed by atoms with Gasteiger partial charge in [0.2, 0.25) is 11.8 Å². The Morgan fingerprint density at radius 1 is 1.06 bits per heavy atom. The van der Waals surface area contributed by atoms with Crippen LogP contribution in [0.1, 0.15) is 48.0 Å². The van der Waals surface area contributed by atoms with Gasteiger partial charge in [0.25, 0.3) is 5.91 Å². The van der Waals surface area contributed by atoms with Crippen LogP contribution in [0.15, 0.2) is 42.5 Å². The summed E-state index contributed by atoms with van der Waals surface area (Å²) in [6.07, 6.45) is -6.40. The molecule has 3 aliphatic rings. The molecule has 1 N–H and O–H groups in total. The molecule has 0 bridgehead atoms. The Bertz CT molecular complexity index is 1310. The largest absolute Gasteiger partial charge is 0.489 e. The molecule has 2 saturated heterocycles. The van der Waals surface area contributed by atoms with E-state index in [4.69, 9.17) is 17.7 Å². The third kappa shape index (κ3) is 4.62. The first-order valence-corrected chi connectivity index (χ1v) is 10.7. The molecule has 2 fully saturated rings. The van der Waals surface area contributed by atoms with Gasteiger partial charge in [0, 0.05) is 42.6 Å². The lowest BCUT2D eigenvalue weighted by atomic mass is 10.0. The second-order valence-corrected chi connectivity index (χ2v) is 7.95. The first-order valence-electron chi connectivity index (χ1n) is 13.7. The van der Waals surface area contributed by atoms with Crippen molar-refractivity contribution in [2.75, 3.05) is 26.3 Å². The number of nitrogens with zero attached hydrogens (tertiary/aromatic N) is 2. The van der Waals surface area contributed by atoms with Crippen LogP contribution < -0.4 is 10.1 Å². The molecule has 1 atom stereocenters. The van der Waals surface area contributed by atoms with Crippen LogP contribution in [0.4, 0.5) is 0 Å². The normalized spacial score (nSPS) is 28.4. The predicted octanol–water partition coefficient (Wildman–Crippen LogP) is 1.86. The molecule has 5 rings (SSSR count). The number of imide groups is 1. The zero-order valence-electron chi connectivity index (χ0n) is 23.8. The molecule has 0 aliphatic carbocycles. The Balaban J connectivity index is 1.37. The summed E-state index contributed by atoms with van der Waals surface area (Å²) in [5.41, 5.74) is 1.59. The summed E-state index contributed by atoms with van der Waals surface area (Å²) >= 11 is 0. The molecule has 3 aliphatic heterocycles. The molecular weight excluding hydrogens is 422 g/mol. The Kier molecular flexibility index (Phi) is 4.40. The number of morpholine rings is 1. The monoisotopic (exact) mass is 455 g/mol. The minimum atomic E-state index is -3.21. The van der Waals surface area contributed by atoms with Crippen molar-refractivity contribution in [3.05, 3.63) is 64.7 Å². The van der Waals surface area contributed by atoms with Gasteiger partial charge in [-0.2, -0.15) is 0 Å². The molecule has 0 saturated carbocycles. The molecule has 2 aromatic rings. The van der Waals surface area contributed by atoms with E-state index in [2.05, 4.69) is 4.90 Å². The van der Waals surface area contributed by atoms with Crippen molar-refractivity contribution >= 4 is 17.7 Å². The van der Waals surface area contributed by atoms with Crippen LogP contribution in [0.25, 0.3) is 0 Å². The zero-order chi connectivity index (χ0) is 28.2. The van der Waals surface area contributed by atoms with Crippen LogP contribution in [0.2, 0.25) is 0 Å². The number of piperidine rings is 1. The lowest BCUT2D eigenvalue weighted by Gasteiger charge is -2.29. The average molecular weight is 456 g/mol. The van der Waals surface area contributed by atoms with E-state index in [-0.39, 0.29) is 23.5 Å². The molecule has 33 heavy (non-hydrogen) atoms. The van der Waals surface area contributed by atoms with E-state index in [9.17, 15) is 14.4 Å². The van der Waals surface area contributed by atoms with Crippen LogP contribution in [0.5, 0.6) is 5.75 Å². The van der Waals surface area contributed by atoms with Crippen molar-refractivity contribution in [1.82, 2.24) is 15.1 Å². The minimum Gasteiger partial charge on any atom is -0.489 e. The Morgan fingerprint density at radius 2 is 1.82 bits per heavy atom. The van der Waals surface area contributed by atoms with Gasteiger partial charge in [-0.15, -0.1) is 0 Å². The third-order valence-corrected chi connectivity index (χ3v) is 5.70. The first kappa shape index (κ1) is 15.6. The van der Waals surface area contributed by atoms with Crippen LogP contribution in [-0.4, -0.2) is 59.9 Å². The van der Waals surface area contributed by atoms with Gasteiger partial charge >= 0.3 is 0 Å². The highest BCUT2D eigenvalue weighted by Gasteiger charge is 2.40. The molecule has 2 aromatic carbocycles. The van der Waals surface area contributed by atoms with E-state index < -0.39 is 43.0 Å². The van der Waals surface area contributed by atoms with E-state index in [1.165, 1.54) is 18.2 Å². The quantitative estimate of drug-likeness (QED) is 0.669. The molecule has 8 heteroatoms. The Morgan fingerprint density at radius 3 is 2.61 bits per heavy atom. The summed E-state index contributed by atoms with van der Waals surface area (Å²) in [5.74, 6) is -3.77. The summed E-state index contributed by atoms with van der Waals surface area (Å²) in [5, 5.41) is 1.73. The molecule has 3 amide bonds. The summed E-state index contributed by atoms with van der Waals surface area (Å²) in [6, 6.07) is 9.79. The highest BCUT2D eigenvalue weighted by molar-refractivity contribution is 6.05. The van der Waals surface area contributed by atoms with Crippen LogP contribution in [0, 0.1) is 0 Å². The molecule has 3 heterocycles. The lowest BCUT2D eigenvalue weighted by molar-refractivity contribution is -0.136. The van der Waals surface area contributed by atoms with Crippen LogP contribution in [-0.2, 0) is 34.0 Å². The summed E-state index contributed by atoms with van der Waals surface area (Å²) in [7, 11) is 0. The maximum Gasteiger partial charge on any atom is 0.255 e. The fourth-order valence-electron chi connectivity index (χ4n) is 3.94. The standard InChI is InChI=1S/C25H27N3O5/c29-23-9-8-21(24(30)26-23)28-15-20-19(25(28)31)2-1-3-22(20)33-16-18-6-4-17(5-7-18)14-27-10-12-32-13-11-27/h1-7,21H,8-16H2,(H,26,29,30)/t21-/m0/s1/i8D2,9D2,15D2. The average Bonchev–Trinajstić information content (AvgIpc) is 3.09. The van der Waals surface area contributed by atoms with E-state index >= 15 is 0 Å². The fourth-order valence-corrected chi connectivity index (χ4v) is 3.94. The SMILES string of the molecule is [2H]C1([2H])c2c(OCc3ccc(CN4CCOCC4)cc3)cccc2C(=O)N1[C@@H]1C(=O)NC(=O)C([2H])([2H])C1([2H])[2H]. The predicted molar refractivity (Wildman–Crippen MR) is 119 cm³/mol. The number of fused-ring (bicyclic) bond motifs is 1. The maximum atomic E-state index is 13.3. The van der Waals surface area contributed by atoms with Gasteiger partial charge in [-0.05, 0) is 29.6 Å². The highest BCUT2D eigenvalue weighted by Crippen LogP contribution is 2.34. The van der Waals surface area contributed by atoms with E-state index in [1.54, 1.807) is 5.32 Å². The number of rotatable bonds is 6. The van der Waals surface area contributed by atoms with Gasteiger partial charge in [0.15, 0.2) is 0 Å². The van der Waals surface area contributed by atoms with Gasteiger partial charge in [0.1, 0.15) is 18.4 Å². The fraction of sp³-hybridized carbons (Fsp3) is 0.400. The molecule has 0 unspecified atom stereocenters. The van der Waals surface area contributed by atoms with Crippen molar-refractivity contribution < 1.29 is 32.1 Å².